The van der Waals surface area contributed by atoms with E-state index in [0.29, 0.717) is 23.6 Å². The van der Waals surface area contributed by atoms with Gasteiger partial charge in [0, 0.05) is 40.4 Å². The number of nitrogens with zero attached hydrogens (tertiary/aromatic N) is 3. The number of aliphatic hydroxyl groups is 2. The number of likely N-dealkylation sites (N-methyl/N-ethyl adjacent to an activating group) is 1. The molecule has 2 aromatic carbocycles. The smallest absolute Gasteiger partial charge is 0.265 e. The molecule has 61 heavy (non-hydrogen) atoms. The van der Waals surface area contributed by atoms with E-state index in [-0.39, 0.29) is 40.3 Å². The predicted molar refractivity (Wildman–Crippen MR) is 233 cm³/mol. The highest BCUT2D eigenvalue weighted by Crippen LogP contribution is 2.72. The quantitative estimate of drug-likeness (QED) is 0.201. The van der Waals surface area contributed by atoms with E-state index in [4.69, 9.17) is 9.57 Å². The monoisotopic (exact) mass is 825 g/mol. The minimum Gasteiger partial charge on any atom is -0.392 e. The number of anilines is 1. The Morgan fingerprint density at radius 2 is 1.69 bits per heavy atom. The summed E-state index contributed by atoms with van der Waals surface area (Å²) in [5, 5.41) is 27.2. The zero-order chi connectivity index (χ0) is 43.2. The third kappa shape index (κ3) is 4.73. The van der Waals surface area contributed by atoms with E-state index in [1.165, 1.54) is 16.2 Å². The maximum Gasteiger partial charge on any atom is 0.265 e. The van der Waals surface area contributed by atoms with Gasteiger partial charge in [0.05, 0.1) is 52.1 Å². The molecule has 5 heterocycles. The molecule has 0 radical (unpaired) electrons. The number of aromatic nitrogens is 1. The van der Waals surface area contributed by atoms with Crippen LogP contribution < -0.4 is 4.90 Å². The summed E-state index contributed by atoms with van der Waals surface area (Å²) in [6.07, 6.45) is 8.12. The van der Waals surface area contributed by atoms with Crippen molar-refractivity contribution in [2.24, 2.45) is 34.5 Å². The van der Waals surface area contributed by atoms with E-state index in [2.05, 4.69) is 77.8 Å². The molecule has 3 aromatic rings. The average molecular weight is 826 g/mol. The summed E-state index contributed by atoms with van der Waals surface area (Å²) in [5.41, 5.74) is 5.70. The van der Waals surface area contributed by atoms with Crippen molar-refractivity contribution < 1.29 is 34.2 Å². The van der Waals surface area contributed by atoms with Gasteiger partial charge in [-0.05, 0) is 125 Å². The van der Waals surface area contributed by atoms with E-state index in [0.717, 1.165) is 58.9 Å². The van der Waals surface area contributed by atoms with Gasteiger partial charge in [0.15, 0.2) is 11.9 Å². The fraction of sp³-hybridized carbons (Fsp3) is 0.549. The van der Waals surface area contributed by atoms with E-state index in [9.17, 15) is 19.8 Å². The second-order valence-corrected chi connectivity index (χ2v) is 21.6. The molecule has 12 atom stereocenters. The minimum absolute atomic E-state index is 0.00631. The van der Waals surface area contributed by atoms with E-state index < -0.39 is 52.9 Å². The molecule has 4 aliphatic carbocycles. The molecular weight excluding hydrogens is 767 g/mol. The van der Waals surface area contributed by atoms with Gasteiger partial charge in [0.25, 0.3) is 5.91 Å². The lowest BCUT2D eigenvalue weighted by atomic mass is 9.40. The fourth-order valence-electron chi connectivity index (χ4n) is 15.1. The van der Waals surface area contributed by atoms with E-state index in [1.54, 1.807) is 24.2 Å². The summed E-state index contributed by atoms with van der Waals surface area (Å²) in [6, 6.07) is 10.2. The van der Waals surface area contributed by atoms with Crippen molar-refractivity contribution in [2.45, 2.75) is 135 Å². The summed E-state index contributed by atoms with van der Waals surface area (Å²) < 4.78 is 8.91. The molecule has 0 spiro atoms. The maximum absolute atomic E-state index is 15.1. The van der Waals surface area contributed by atoms with Crippen LogP contribution in [-0.4, -0.2) is 73.9 Å². The normalized spacial score (nSPS) is 40.3. The first kappa shape index (κ1) is 39.6. The molecule has 2 saturated heterocycles. The van der Waals surface area contributed by atoms with E-state index >= 15 is 4.79 Å². The Balaban J connectivity index is 1.03. The van der Waals surface area contributed by atoms with Gasteiger partial charge in [-0.1, -0.05) is 63.3 Å². The van der Waals surface area contributed by atoms with Crippen LogP contribution in [0.2, 0.25) is 0 Å². The van der Waals surface area contributed by atoms with Crippen LogP contribution in [0.3, 0.4) is 0 Å². The Labute approximate surface area is 358 Å². The van der Waals surface area contributed by atoms with Crippen molar-refractivity contribution in [1.82, 2.24) is 9.63 Å². The summed E-state index contributed by atoms with van der Waals surface area (Å²) in [4.78, 5) is 50.1. The second-order valence-electron chi connectivity index (χ2n) is 21.6. The zero-order valence-corrected chi connectivity index (χ0v) is 36.9. The Bertz CT molecular complexity index is 2590. The number of rotatable bonds is 4. The number of ketones is 1. The van der Waals surface area contributed by atoms with Gasteiger partial charge in [-0.3, -0.25) is 19.2 Å². The van der Waals surface area contributed by atoms with Crippen molar-refractivity contribution in [3.8, 4) is 0 Å². The molecule has 10 nitrogen and oxygen atoms in total. The molecule has 2 N–H and O–H groups in total. The SMILES string of the molecule is C=C(C)[C@H]1C(=O)c2c3c(cc4c5c(n1c24)[C@@]1(C)C(CC[C@H]2[C@](C)(/C=C/C4C6C(=O)N(c7ccccc7)C(=O)C6ON4C)[C@@H](O)CC[C@@]21C)C5)C1=CC(C)(C)OC(C)(C)C1[C@@H]3O. The first-order valence-corrected chi connectivity index (χ1v) is 22.4. The topological polar surface area (TPSA) is 122 Å². The van der Waals surface area contributed by atoms with Gasteiger partial charge in [-0.2, -0.15) is 5.06 Å². The number of ether oxygens (including phenoxy) is 1. The molecule has 4 aliphatic heterocycles. The number of Topliss-reactive ketones (excluding diaryl/α,β-unsaturated/α-hetero) is 1. The van der Waals surface area contributed by atoms with Crippen LogP contribution >= 0.6 is 0 Å². The van der Waals surface area contributed by atoms with Crippen molar-refractivity contribution in [3.05, 3.63) is 94.7 Å². The minimum atomic E-state index is -0.910. The van der Waals surface area contributed by atoms with E-state index in [1.807, 2.05) is 31.2 Å². The van der Waals surface area contributed by atoms with Crippen molar-refractivity contribution in [1.29, 1.82) is 0 Å². The number of imide groups is 1. The third-order valence-corrected chi connectivity index (χ3v) is 17.6. The van der Waals surface area contributed by atoms with Gasteiger partial charge in [0.1, 0.15) is 6.04 Å². The van der Waals surface area contributed by atoms with Crippen molar-refractivity contribution in [3.63, 3.8) is 0 Å². The molecule has 1 aromatic heterocycles. The maximum atomic E-state index is 15.1. The Kier molecular flexibility index (Phi) is 7.99. The van der Waals surface area contributed by atoms with Gasteiger partial charge >= 0.3 is 0 Å². The predicted octanol–water partition coefficient (Wildman–Crippen LogP) is 7.96. The lowest BCUT2D eigenvalue weighted by Gasteiger charge is -2.64. The van der Waals surface area contributed by atoms with Crippen LogP contribution in [0.1, 0.15) is 126 Å². The van der Waals surface area contributed by atoms with Gasteiger partial charge in [-0.15, -0.1) is 0 Å². The van der Waals surface area contributed by atoms with Crippen LogP contribution in [-0.2, 0) is 31.0 Å². The number of carbonyl (C=O) groups is 3. The summed E-state index contributed by atoms with van der Waals surface area (Å²) in [5.74, 6) is -1.25. The molecule has 2 amide bonds. The molecule has 5 unspecified atom stereocenters. The van der Waals surface area contributed by atoms with Crippen LogP contribution in [0.25, 0.3) is 16.5 Å². The van der Waals surface area contributed by atoms with Gasteiger partial charge in [0.2, 0.25) is 5.91 Å². The molecule has 4 fully saturated rings. The first-order valence-electron chi connectivity index (χ1n) is 22.4. The Hall–Kier alpha value is -4.19. The molecule has 2 saturated carbocycles. The standard InChI is InChI=1S/C51H59N3O7/c1-25(2)39-42(57)37-35-28(31-24-47(3,4)61-48(5,6)38(31)41(35)56)23-29-30-22-26-16-17-33-49(7,34(55)19-21-50(33,8)51(26,9)44(30)54(39)40(29)37)20-18-32-36-43(60-52(32)10)46(59)53(45(36)58)27-14-12-11-13-15-27/h11-15,18,20,23-24,26,32-34,36,38-39,41,43,55-56H,1,16-17,19,21-22H2,2-10H3/b20-18+/t26?,32?,33-,34-,36?,38?,39-,41+,43?,49-,50-,51+/m0/s1. The summed E-state index contributed by atoms with van der Waals surface area (Å²) in [7, 11) is 1.78. The van der Waals surface area contributed by atoms with Crippen molar-refractivity contribution in [2.75, 3.05) is 11.9 Å². The lowest BCUT2D eigenvalue weighted by molar-refractivity contribution is -0.157. The molecule has 11 rings (SSSR count). The number of allylic oxidation sites excluding steroid dienone is 1. The second kappa shape index (κ2) is 12.3. The van der Waals surface area contributed by atoms with Crippen LogP contribution in [0.4, 0.5) is 5.69 Å². The van der Waals surface area contributed by atoms with Crippen LogP contribution in [0.15, 0.2) is 66.8 Å². The molecule has 10 heteroatoms. The summed E-state index contributed by atoms with van der Waals surface area (Å²) in [6.45, 7) is 21.7. The largest absolute Gasteiger partial charge is 0.392 e. The molecule has 8 aliphatic rings. The number of hydroxylamine groups is 2. The van der Waals surface area contributed by atoms with Crippen LogP contribution in [0.5, 0.6) is 0 Å². The highest BCUT2D eigenvalue weighted by atomic mass is 16.7. The highest BCUT2D eigenvalue weighted by molar-refractivity contribution is 6.23. The average Bonchev–Trinajstić information content (AvgIpc) is 3.98. The molecular formula is C51H59N3O7. The number of benzene rings is 2. The first-order chi connectivity index (χ1) is 28.7. The van der Waals surface area contributed by atoms with Crippen LogP contribution in [0, 0.1) is 34.5 Å². The number of para-hydroxylation sites is 1. The van der Waals surface area contributed by atoms with Gasteiger partial charge < -0.3 is 19.5 Å². The Morgan fingerprint density at radius 3 is 2.39 bits per heavy atom. The lowest BCUT2D eigenvalue weighted by Crippen LogP contribution is -2.62. The number of amides is 2. The number of hydrogen-bond donors (Lipinski definition) is 2. The third-order valence-electron chi connectivity index (χ3n) is 17.6. The van der Waals surface area contributed by atoms with Gasteiger partial charge in [-0.25, -0.2) is 4.90 Å². The number of hydrogen-bond acceptors (Lipinski definition) is 8. The zero-order valence-electron chi connectivity index (χ0n) is 36.9. The highest BCUT2D eigenvalue weighted by Gasteiger charge is 2.68. The molecule has 320 valence electrons. The molecule has 0 bridgehead atoms. The number of carbonyl (C=O) groups excluding carboxylic acids is 3. The summed E-state index contributed by atoms with van der Waals surface area (Å²) >= 11 is 0. The fourth-order valence-corrected chi connectivity index (χ4v) is 15.1. The Morgan fingerprint density at radius 1 is 0.967 bits per heavy atom. The number of aliphatic hydroxyl groups excluding tert-OH is 2. The number of fused-ring (bicyclic) bond motifs is 12. The van der Waals surface area contributed by atoms with Crippen molar-refractivity contribution >= 4 is 39.8 Å².